The van der Waals surface area contributed by atoms with Crippen molar-refractivity contribution < 1.29 is 0 Å². The van der Waals surface area contributed by atoms with E-state index in [1.54, 1.807) is 0 Å². The van der Waals surface area contributed by atoms with E-state index in [1.165, 1.54) is 10.4 Å². The zero-order valence-corrected chi connectivity index (χ0v) is 10.9. The molecule has 0 aliphatic rings. The lowest BCUT2D eigenvalue weighted by atomic mass is 10.1. The summed E-state index contributed by atoms with van der Waals surface area (Å²) in [6.45, 7) is 1.98. The average Bonchev–Trinajstić information content (AvgIpc) is 2.82. The molecule has 17 heavy (non-hydrogen) atoms. The summed E-state index contributed by atoms with van der Waals surface area (Å²) in [6.07, 6.45) is 1.11. The van der Waals surface area contributed by atoms with Gasteiger partial charge in [-0.05, 0) is 36.5 Å². The normalized spacial score (nSPS) is 10.9. The molecule has 0 bridgehead atoms. The number of likely N-dealkylation sites (N-methyl/N-ethyl adjacent to an activating group) is 1. The Balaban J connectivity index is 1.85. The molecule has 0 amide bonds. The fourth-order valence-corrected chi connectivity index (χ4v) is 2.50. The van der Waals surface area contributed by atoms with Crippen LogP contribution in [0.4, 0.5) is 5.69 Å². The van der Waals surface area contributed by atoms with Gasteiger partial charge in [0.05, 0.1) is 0 Å². The van der Waals surface area contributed by atoms with Gasteiger partial charge in [-0.2, -0.15) is 0 Å². The van der Waals surface area contributed by atoms with E-state index in [0.717, 1.165) is 25.2 Å². The molecule has 1 heterocycles. The van der Waals surface area contributed by atoms with E-state index < -0.39 is 0 Å². The minimum absolute atomic E-state index is 0.885. The van der Waals surface area contributed by atoms with Crippen LogP contribution in [0.2, 0.25) is 0 Å². The van der Waals surface area contributed by atoms with Crippen molar-refractivity contribution >= 4 is 17.0 Å². The molecular formula is C14H18N2S. The molecule has 2 aromatic rings. The SMILES string of the molecule is CN(CCc1cccs1)Cc1ccccc1N. The van der Waals surface area contributed by atoms with Crippen LogP contribution in [0.3, 0.4) is 0 Å². The van der Waals surface area contributed by atoms with Crippen molar-refractivity contribution in [3.63, 3.8) is 0 Å². The van der Waals surface area contributed by atoms with Gasteiger partial charge >= 0.3 is 0 Å². The zero-order valence-electron chi connectivity index (χ0n) is 10.1. The Morgan fingerprint density at radius 2 is 2.00 bits per heavy atom. The number of para-hydroxylation sites is 1. The molecule has 3 heteroatoms. The third-order valence-electron chi connectivity index (χ3n) is 2.82. The van der Waals surface area contributed by atoms with Gasteiger partial charge in [-0.1, -0.05) is 24.3 Å². The Morgan fingerprint density at radius 3 is 2.71 bits per heavy atom. The van der Waals surface area contributed by atoms with Gasteiger partial charge in [0, 0.05) is 23.7 Å². The van der Waals surface area contributed by atoms with Gasteiger partial charge in [0.1, 0.15) is 0 Å². The number of hydrogen-bond donors (Lipinski definition) is 1. The lowest BCUT2D eigenvalue weighted by Gasteiger charge is -2.17. The van der Waals surface area contributed by atoms with E-state index in [-0.39, 0.29) is 0 Å². The van der Waals surface area contributed by atoms with Gasteiger partial charge in [-0.15, -0.1) is 11.3 Å². The summed E-state index contributed by atoms with van der Waals surface area (Å²) >= 11 is 1.82. The van der Waals surface area contributed by atoms with E-state index >= 15 is 0 Å². The number of hydrogen-bond acceptors (Lipinski definition) is 3. The summed E-state index contributed by atoms with van der Waals surface area (Å²) in [4.78, 5) is 3.75. The third-order valence-corrected chi connectivity index (χ3v) is 3.75. The Morgan fingerprint density at radius 1 is 1.18 bits per heavy atom. The first-order valence-corrected chi connectivity index (χ1v) is 6.68. The summed E-state index contributed by atoms with van der Waals surface area (Å²) in [5, 5.41) is 2.13. The quantitative estimate of drug-likeness (QED) is 0.822. The molecule has 0 saturated heterocycles. The van der Waals surface area contributed by atoms with Crippen molar-refractivity contribution in [1.82, 2.24) is 4.90 Å². The summed E-state index contributed by atoms with van der Waals surface area (Å²) in [6, 6.07) is 12.4. The van der Waals surface area contributed by atoms with Crippen LogP contribution in [0.1, 0.15) is 10.4 Å². The summed E-state index contributed by atoms with van der Waals surface area (Å²) < 4.78 is 0. The second-order valence-electron chi connectivity index (χ2n) is 4.27. The molecule has 2 rings (SSSR count). The second-order valence-corrected chi connectivity index (χ2v) is 5.30. The van der Waals surface area contributed by atoms with Crippen LogP contribution < -0.4 is 5.73 Å². The number of benzene rings is 1. The Hall–Kier alpha value is -1.32. The highest BCUT2D eigenvalue weighted by molar-refractivity contribution is 7.09. The van der Waals surface area contributed by atoms with Crippen LogP contribution in [0.15, 0.2) is 41.8 Å². The van der Waals surface area contributed by atoms with Gasteiger partial charge in [0.2, 0.25) is 0 Å². The van der Waals surface area contributed by atoms with E-state index in [2.05, 4.69) is 35.5 Å². The van der Waals surface area contributed by atoms with Crippen LogP contribution >= 0.6 is 11.3 Å². The monoisotopic (exact) mass is 246 g/mol. The van der Waals surface area contributed by atoms with E-state index in [9.17, 15) is 0 Å². The standard InChI is InChI=1S/C14H18N2S/c1-16(9-8-13-6-4-10-17-13)11-12-5-2-3-7-14(12)15/h2-7,10H,8-9,11,15H2,1H3. The summed E-state index contributed by atoms with van der Waals surface area (Å²) in [5.74, 6) is 0. The molecular weight excluding hydrogens is 228 g/mol. The highest BCUT2D eigenvalue weighted by Crippen LogP contribution is 2.14. The maximum atomic E-state index is 5.93. The second kappa shape index (κ2) is 5.84. The summed E-state index contributed by atoms with van der Waals surface area (Å²) in [5.41, 5.74) is 8.03. The van der Waals surface area contributed by atoms with E-state index in [1.807, 2.05) is 29.5 Å². The lowest BCUT2D eigenvalue weighted by molar-refractivity contribution is 0.332. The number of nitrogens with two attached hydrogens (primary N) is 1. The number of rotatable bonds is 5. The molecule has 0 atom stereocenters. The van der Waals surface area contributed by atoms with E-state index in [0.29, 0.717) is 0 Å². The van der Waals surface area contributed by atoms with Gasteiger partial charge in [0.25, 0.3) is 0 Å². The van der Waals surface area contributed by atoms with Gasteiger partial charge < -0.3 is 10.6 Å². The largest absolute Gasteiger partial charge is 0.398 e. The molecule has 1 aromatic heterocycles. The molecule has 0 aliphatic heterocycles. The highest BCUT2D eigenvalue weighted by Gasteiger charge is 2.03. The first kappa shape index (κ1) is 12.1. The maximum absolute atomic E-state index is 5.93. The number of anilines is 1. The van der Waals surface area contributed by atoms with Crippen molar-refractivity contribution in [2.75, 3.05) is 19.3 Å². The molecule has 0 aliphatic carbocycles. The van der Waals surface area contributed by atoms with Crippen LogP contribution in [-0.2, 0) is 13.0 Å². The first-order chi connectivity index (χ1) is 8.25. The van der Waals surface area contributed by atoms with Gasteiger partial charge in [-0.3, -0.25) is 0 Å². The van der Waals surface area contributed by atoms with Crippen LogP contribution in [0.5, 0.6) is 0 Å². The van der Waals surface area contributed by atoms with Crippen molar-refractivity contribution in [3.8, 4) is 0 Å². The molecule has 0 spiro atoms. The minimum atomic E-state index is 0.885. The Labute approximate surface area is 107 Å². The Kier molecular flexibility index (Phi) is 4.18. The smallest absolute Gasteiger partial charge is 0.0359 e. The van der Waals surface area contributed by atoms with Crippen molar-refractivity contribution in [2.24, 2.45) is 0 Å². The molecule has 2 nitrogen and oxygen atoms in total. The first-order valence-electron chi connectivity index (χ1n) is 5.80. The maximum Gasteiger partial charge on any atom is 0.0359 e. The van der Waals surface area contributed by atoms with Crippen molar-refractivity contribution in [1.29, 1.82) is 0 Å². The molecule has 0 unspecified atom stereocenters. The van der Waals surface area contributed by atoms with Crippen LogP contribution in [-0.4, -0.2) is 18.5 Å². The fourth-order valence-electron chi connectivity index (χ4n) is 1.80. The van der Waals surface area contributed by atoms with Crippen molar-refractivity contribution in [2.45, 2.75) is 13.0 Å². The van der Waals surface area contributed by atoms with Crippen LogP contribution in [0.25, 0.3) is 0 Å². The van der Waals surface area contributed by atoms with E-state index in [4.69, 9.17) is 5.73 Å². The molecule has 90 valence electrons. The predicted molar refractivity (Wildman–Crippen MR) is 75.2 cm³/mol. The molecule has 1 aromatic carbocycles. The van der Waals surface area contributed by atoms with Crippen molar-refractivity contribution in [3.05, 3.63) is 52.2 Å². The third kappa shape index (κ3) is 3.58. The number of nitrogen functional groups attached to an aromatic ring is 1. The fraction of sp³-hybridized carbons (Fsp3) is 0.286. The number of thiophene rings is 1. The molecule has 2 N–H and O–H groups in total. The van der Waals surface area contributed by atoms with Gasteiger partial charge in [0.15, 0.2) is 0 Å². The average molecular weight is 246 g/mol. The molecule has 0 radical (unpaired) electrons. The number of nitrogens with zero attached hydrogens (tertiary/aromatic N) is 1. The van der Waals surface area contributed by atoms with Crippen LogP contribution in [0, 0.1) is 0 Å². The molecule has 0 fully saturated rings. The minimum Gasteiger partial charge on any atom is -0.398 e. The topological polar surface area (TPSA) is 29.3 Å². The molecule has 0 saturated carbocycles. The Bertz CT molecular complexity index is 451. The predicted octanol–water partition coefficient (Wildman–Crippen LogP) is 3.00. The lowest BCUT2D eigenvalue weighted by Crippen LogP contribution is -2.21. The zero-order chi connectivity index (χ0) is 12.1. The van der Waals surface area contributed by atoms with Gasteiger partial charge in [-0.25, -0.2) is 0 Å². The summed E-state index contributed by atoms with van der Waals surface area (Å²) in [7, 11) is 2.14. The highest BCUT2D eigenvalue weighted by atomic mass is 32.1.